The summed E-state index contributed by atoms with van der Waals surface area (Å²) in [6.07, 6.45) is 3.31. The van der Waals surface area contributed by atoms with E-state index in [2.05, 4.69) is 25.9 Å². The molecular formula is C14H16N6O. The summed E-state index contributed by atoms with van der Waals surface area (Å²) in [5.74, 6) is 0.226. The van der Waals surface area contributed by atoms with Gasteiger partial charge < -0.3 is 16.4 Å². The highest BCUT2D eigenvalue weighted by Gasteiger charge is 2.13. The number of hydrogen-bond donors (Lipinski definition) is 4. The summed E-state index contributed by atoms with van der Waals surface area (Å²) in [6, 6.07) is 5.34. The van der Waals surface area contributed by atoms with E-state index in [1.807, 2.05) is 6.07 Å². The molecule has 5 N–H and O–H groups in total. The molecule has 0 fully saturated rings. The molecule has 108 valence electrons. The largest absolute Gasteiger partial charge is 0.384 e. The SMILES string of the molecule is Nc1cc(CNC(=O)c2cc3c(cn2)NCNC3)ccn1. The van der Waals surface area contributed by atoms with E-state index in [1.54, 1.807) is 24.5 Å². The number of nitrogens with two attached hydrogens (primary N) is 1. The Hall–Kier alpha value is -2.67. The molecule has 0 atom stereocenters. The van der Waals surface area contributed by atoms with E-state index >= 15 is 0 Å². The summed E-state index contributed by atoms with van der Waals surface area (Å²) in [6.45, 7) is 1.83. The van der Waals surface area contributed by atoms with Gasteiger partial charge in [0.2, 0.25) is 0 Å². The number of nitrogen functional groups attached to an aromatic ring is 1. The molecule has 0 saturated carbocycles. The van der Waals surface area contributed by atoms with Crippen molar-refractivity contribution in [3.05, 3.63) is 47.4 Å². The van der Waals surface area contributed by atoms with Gasteiger partial charge >= 0.3 is 0 Å². The molecule has 0 aromatic carbocycles. The molecule has 0 bridgehead atoms. The van der Waals surface area contributed by atoms with Crippen molar-refractivity contribution < 1.29 is 4.79 Å². The Kier molecular flexibility index (Phi) is 3.65. The Morgan fingerprint density at radius 1 is 1.38 bits per heavy atom. The molecule has 0 spiro atoms. The van der Waals surface area contributed by atoms with Crippen molar-refractivity contribution in [1.82, 2.24) is 20.6 Å². The van der Waals surface area contributed by atoms with E-state index in [0.29, 0.717) is 24.7 Å². The maximum absolute atomic E-state index is 12.1. The zero-order valence-corrected chi connectivity index (χ0v) is 11.4. The first-order valence-electron chi connectivity index (χ1n) is 6.64. The average molecular weight is 284 g/mol. The minimum absolute atomic E-state index is 0.209. The summed E-state index contributed by atoms with van der Waals surface area (Å²) in [4.78, 5) is 20.2. The van der Waals surface area contributed by atoms with Crippen molar-refractivity contribution in [2.75, 3.05) is 17.7 Å². The molecule has 1 aliphatic rings. The summed E-state index contributed by atoms with van der Waals surface area (Å²) >= 11 is 0. The Morgan fingerprint density at radius 3 is 3.14 bits per heavy atom. The standard InChI is InChI=1S/C14H16N6O/c15-13-3-9(1-2-17-13)5-19-14(21)11-4-10-6-16-8-20-12(10)7-18-11/h1-4,7,16,20H,5-6,8H2,(H2,15,17)(H,19,21). The normalized spacial score (nSPS) is 13.1. The van der Waals surface area contributed by atoms with E-state index in [0.717, 1.165) is 23.4 Å². The van der Waals surface area contributed by atoms with Crippen LogP contribution in [0.3, 0.4) is 0 Å². The van der Waals surface area contributed by atoms with E-state index in [4.69, 9.17) is 5.73 Å². The number of hydrogen-bond acceptors (Lipinski definition) is 6. The molecule has 7 nitrogen and oxygen atoms in total. The van der Waals surface area contributed by atoms with Gasteiger partial charge in [0.25, 0.3) is 5.91 Å². The predicted molar refractivity (Wildman–Crippen MR) is 79.4 cm³/mol. The van der Waals surface area contributed by atoms with Gasteiger partial charge in [0.05, 0.1) is 18.6 Å². The average Bonchev–Trinajstić information content (AvgIpc) is 2.52. The molecule has 0 aliphatic carbocycles. The van der Waals surface area contributed by atoms with Gasteiger partial charge in [0, 0.05) is 19.3 Å². The van der Waals surface area contributed by atoms with E-state index in [1.165, 1.54) is 0 Å². The van der Waals surface area contributed by atoms with Crippen molar-refractivity contribution in [2.45, 2.75) is 13.1 Å². The van der Waals surface area contributed by atoms with Crippen LogP contribution in [0.15, 0.2) is 30.6 Å². The Bertz CT molecular complexity index is 672. The number of nitrogens with zero attached hydrogens (tertiary/aromatic N) is 2. The van der Waals surface area contributed by atoms with Crippen molar-refractivity contribution in [3.8, 4) is 0 Å². The molecule has 0 unspecified atom stereocenters. The molecule has 7 heteroatoms. The second-order valence-corrected chi connectivity index (χ2v) is 4.78. The van der Waals surface area contributed by atoms with Crippen molar-refractivity contribution in [1.29, 1.82) is 0 Å². The number of anilines is 2. The molecule has 3 rings (SSSR count). The van der Waals surface area contributed by atoms with Crippen LogP contribution in [0.4, 0.5) is 11.5 Å². The first kappa shape index (κ1) is 13.3. The predicted octanol–water partition coefficient (Wildman–Crippen LogP) is 0.461. The second-order valence-electron chi connectivity index (χ2n) is 4.78. The molecule has 0 saturated heterocycles. The smallest absolute Gasteiger partial charge is 0.270 e. The van der Waals surface area contributed by atoms with Crippen LogP contribution in [-0.4, -0.2) is 22.5 Å². The van der Waals surface area contributed by atoms with Crippen molar-refractivity contribution in [2.24, 2.45) is 0 Å². The number of carbonyl (C=O) groups excluding carboxylic acids is 1. The third-order valence-corrected chi connectivity index (χ3v) is 3.24. The summed E-state index contributed by atoms with van der Waals surface area (Å²) in [5, 5.41) is 9.17. The van der Waals surface area contributed by atoms with Crippen LogP contribution in [0.2, 0.25) is 0 Å². The summed E-state index contributed by atoms with van der Waals surface area (Å²) < 4.78 is 0. The van der Waals surface area contributed by atoms with E-state index in [-0.39, 0.29) is 5.91 Å². The van der Waals surface area contributed by atoms with Crippen LogP contribution in [0.1, 0.15) is 21.6 Å². The zero-order valence-electron chi connectivity index (χ0n) is 11.4. The highest BCUT2D eigenvalue weighted by molar-refractivity contribution is 5.92. The number of pyridine rings is 2. The Labute approximate surface area is 122 Å². The van der Waals surface area contributed by atoms with Crippen LogP contribution < -0.4 is 21.7 Å². The molecule has 1 amide bonds. The third kappa shape index (κ3) is 3.09. The van der Waals surface area contributed by atoms with Crippen molar-refractivity contribution >= 4 is 17.4 Å². The lowest BCUT2D eigenvalue weighted by molar-refractivity contribution is 0.0946. The molecule has 0 radical (unpaired) electrons. The molecule has 1 aliphatic heterocycles. The van der Waals surface area contributed by atoms with Gasteiger partial charge in [0.15, 0.2) is 0 Å². The summed E-state index contributed by atoms with van der Waals surface area (Å²) in [7, 11) is 0. The first-order chi connectivity index (χ1) is 10.2. The summed E-state index contributed by atoms with van der Waals surface area (Å²) in [5.41, 5.74) is 8.91. The lowest BCUT2D eigenvalue weighted by Crippen LogP contribution is -2.29. The quantitative estimate of drug-likeness (QED) is 0.652. The van der Waals surface area contributed by atoms with Gasteiger partial charge in [-0.2, -0.15) is 0 Å². The first-order valence-corrected chi connectivity index (χ1v) is 6.64. The fraction of sp³-hybridized carbons (Fsp3) is 0.214. The van der Waals surface area contributed by atoms with Gasteiger partial charge in [-0.25, -0.2) is 9.97 Å². The minimum Gasteiger partial charge on any atom is -0.384 e. The van der Waals surface area contributed by atoms with Gasteiger partial charge in [-0.15, -0.1) is 0 Å². The van der Waals surface area contributed by atoms with E-state index in [9.17, 15) is 4.79 Å². The Balaban J connectivity index is 1.68. The van der Waals surface area contributed by atoms with Crippen LogP contribution in [0.25, 0.3) is 0 Å². The highest BCUT2D eigenvalue weighted by atomic mass is 16.1. The monoisotopic (exact) mass is 284 g/mol. The molecule has 2 aromatic heterocycles. The lowest BCUT2D eigenvalue weighted by Gasteiger charge is -2.19. The van der Waals surface area contributed by atoms with Crippen LogP contribution in [0.5, 0.6) is 0 Å². The number of nitrogens with one attached hydrogen (secondary N) is 3. The molecule has 21 heavy (non-hydrogen) atoms. The van der Waals surface area contributed by atoms with Crippen LogP contribution in [0, 0.1) is 0 Å². The maximum atomic E-state index is 12.1. The molecular weight excluding hydrogens is 268 g/mol. The topological polar surface area (TPSA) is 105 Å². The number of amides is 1. The highest BCUT2D eigenvalue weighted by Crippen LogP contribution is 2.17. The minimum atomic E-state index is -0.209. The van der Waals surface area contributed by atoms with Crippen LogP contribution >= 0.6 is 0 Å². The van der Waals surface area contributed by atoms with Gasteiger partial charge in [-0.1, -0.05) is 0 Å². The van der Waals surface area contributed by atoms with Gasteiger partial charge in [0.1, 0.15) is 11.5 Å². The zero-order chi connectivity index (χ0) is 14.7. The van der Waals surface area contributed by atoms with Gasteiger partial charge in [-0.3, -0.25) is 10.1 Å². The number of aromatic nitrogens is 2. The second kappa shape index (κ2) is 5.76. The number of carbonyl (C=O) groups is 1. The number of fused-ring (bicyclic) bond motifs is 1. The van der Waals surface area contributed by atoms with Crippen molar-refractivity contribution in [3.63, 3.8) is 0 Å². The molecule has 2 aromatic rings. The maximum Gasteiger partial charge on any atom is 0.270 e. The third-order valence-electron chi connectivity index (χ3n) is 3.24. The lowest BCUT2D eigenvalue weighted by atomic mass is 10.1. The fourth-order valence-corrected chi connectivity index (χ4v) is 2.16. The van der Waals surface area contributed by atoms with Gasteiger partial charge in [-0.05, 0) is 29.3 Å². The Morgan fingerprint density at radius 2 is 2.29 bits per heavy atom. The molecule has 3 heterocycles. The van der Waals surface area contributed by atoms with E-state index < -0.39 is 0 Å². The fourth-order valence-electron chi connectivity index (χ4n) is 2.16. The van der Waals surface area contributed by atoms with Crippen LogP contribution in [-0.2, 0) is 13.1 Å². The number of rotatable bonds is 3.